The number of rotatable bonds is 4. The number of nitrogens with one attached hydrogen (secondary N) is 1. The maximum atomic E-state index is 12.7. The van der Waals surface area contributed by atoms with Crippen LogP contribution in [0.15, 0.2) is 6.33 Å². The van der Waals surface area contributed by atoms with Crippen LogP contribution in [0.4, 0.5) is 8.78 Å². The second-order valence-electron chi connectivity index (χ2n) is 3.30. The fourth-order valence-corrected chi connectivity index (χ4v) is 1.09. The molecule has 0 amide bonds. The summed E-state index contributed by atoms with van der Waals surface area (Å²) in [6.07, 6.45) is 2.37. The summed E-state index contributed by atoms with van der Waals surface area (Å²) in [7, 11) is 0. The van der Waals surface area contributed by atoms with Gasteiger partial charge in [0.1, 0.15) is 18.7 Å². The molecule has 0 saturated heterocycles. The first-order valence-electron chi connectivity index (χ1n) is 4.20. The number of alkyl halides is 2. The summed E-state index contributed by atoms with van der Waals surface area (Å²) >= 11 is 0. The summed E-state index contributed by atoms with van der Waals surface area (Å²) in [6, 6.07) is 0. The van der Waals surface area contributed by atoms with E-state index in [1.807, 2.05) is 0 Å². The van der Waals surface area contributed by atoms with E-state index in [0.29, 0.717) is 5.82 Å². The van der Waals surface area contributed by atoms with Gasteiger partial charge in [0.05, 0.1) is 5.92 Å². The third kappa shape index (κ3) is 2.58. The highest BCUT2D eigenvalue weighted by Crippen LogP contribution is 2.17. The van der Waals surface area contributed by atoms with E-state index in [4.69, 9.17) is 5.41 Å². The van der Waals surface area contributed by atoms with Gasteiger partial charge in [0.25, 0.3) is 5.92 Å². The van der Waals surface area contributed by atoms with Crippen LogP contribution in [0.3, 0.4) is 0 Å². The molecule has 6 heteroatoms. The fourth-order valence-electron chi connectivity index (χ4n) is 1.09. The third-order valence-electron chi connectivity index (χ3n) is 1.73. The van der Waals surface area contributed by atoms with Crippen LogP contribution < -0.4 is 0 Å². The normalized spacial score (nSPS) is 14.0. The van der Waals surface area contributed by atoms with Crippen LogP contribution in [-0.4, -0.2) is 26.9 Å². The van der Waals surface area contributed by atoms with E-state index in [-0.39, 0.29) is 5.92 Å². The first-order valence-corrected chi connectivity index (χ1v) is 4.20. The molecule has 1 atom stereocenters. The summed E-state index contributed by atoms with van der Waals surface area (Å²) in [5.74, 6) is -2.72. The number of nitrogens with zero attached hydrogens (tertiary/aromatic N) is 3. The number of aromatic nitrogens is 3. The molecule has 0 radical (unpaired) electrons. The molecule has 0 spiro atoms. The fraction of sp³-hybridized carbons (Fsp3) is 0.625. The van der Waals surface area contributed by atoms with Crippen molar-refractivity contribution in [2.45, 2.75) is 32.2 Å². The summed E-state index contributed by atoms with van der Waals surface area (Å²) in [5.41, 5.74) is 0. The van der Waals surface area contributed by atoms with Crippen molar-refractivity contribution in [2.75, 3.05) is 0 Å². The molecular formula is C8H12F2N4. The molecule has 1 unspecified atom stereocenters. The highest BCUT2D eigenvalue weighted by Gasteiger charge is 2.24. The van der Waals surface area contributed by atoms with Gasteiger partial charge in [-0.25, -0.2) is 18.4 Å². The molecule has 1 aromatic heterocycles. The Hall–Kier alpha value is -1.33. The van der Waals surface area contributed by atoms with Crippen molar-refractivity contribution in [2.24, 2.45) is 0 Å². The number of hydrogen-bond donors (Lipinski definition) is 1. The summed E-state index contributed by atoms with van der Waals surface area (Å²) in [5, 5.41) is 10.7. The summed E-state index contributed by atoms with van der Waals surface area (Å²) in [4.78, 5) is 3.84. The molecule has 1 aromatic rings. The van der Waals surface area contributed by atoms with Crippen molar-refractivity contribution < 1.29 is 8.78 Å². The van der Waals surface area contributed by atoms with Gasteiger partial charge >= 0.3 is 0 Å². The Morgan fingerprint density at radius 3 is 2.86 bits per heavy atom. The minimum Gasteiger partial charge on any atom is -0.312 e. The van der Waals surface area contributed by atoms with Gasteiger partial charge in [0.15, 0.2) is 0 Å². The molecule has 78 valence electrons. The van der Waals surface area contributed by atoms with E-state index in [2.05, 4.69) is 10.1 Å². The number of hydrogen-bond acceptors (Lipinski definition) is 3. The third-order valence-corrected chi connectivity index (χ3v) is 1.73. The Morgan fingerprint density at radius 2 is 2.36 bits per heavy atom. The Morgan fingerprint density at radius 1 is 1.71 bits per heavy atom. The second kappa shape index (κ2) is 3.81. The van der Waals surface area contributed by atoms with E-state index in [0.717, 1.165) is 17.8 Å². The van der Waals surface area contributed by atoms with Crippen LogP contribution in [0.1, 0.15) is 25.6 Å². The van der Waals surface area contributed by atoms with Gasteiger partial charge < -0.3 is 5.41 Å². The molecule has 0 aliphatic rings. The maximum absolute atomic E-state index is 12.7. The molecule has 1 N–H and O–H groups in total. The van der Waals surface area contributed by atoms with Crippen molar-refractivity contribution in [3.8, 4) is 0 Å². The zero-order chi connectivity index (χ0) is 10.8. The lowest BCUT2D eigenvalue weighted by Crippen LogP contribution is -2.22. The van der Waals surface area contributed by atoms with Crippen molar-refractivity contribution >= 4 is 6.21 Å². The van der Waals surface area contributed by atoms with Crippen molar-refractivity contribution in [1.29, 1.82) is 5.41 Å². The molecular weight excluding hydrogens is 190 g/mol. The van der Waals surface area contributed by atoms with Crippen molar-refractivity contribution in [3.05, 3.63) is 12.2 Å². The van der Waals surface area contributed by atoms with E-state index in [1.165, 1.54) is 6.33 Å². The molecule has 1 rings (SSSR count). The lowest BCUT2D eigenvalue weighted by Gasteiger charge is -2.13. The highest BCUT2D eigenvalue weighted by molar-refractivity contribution is 5.61. The maximum Gasteiger partial charge on any atom is 0.264 e. The highest BCUT2D eigenvalue weighted by atomic mass is 19.3. The lowest BCUT2D eigenvalue weighted by molar-refractivity contribution is -0.000382. The first-order chi connectivity index (χ1) is 6.44. The average molecular weight is 202 g/mol. The predicted molar refractivity (Wildman–Crippen MR) is 47.8 cm³/mol. The van der Waals surface area contributed by atoms with E-state index >= 15 is 0 Å². The van der Waals surface area contributed by atoms with Crippen molar-refractivity contribution in [3.63, 3.8) is 0 Å². The second-order valence-corrected chi connectivity index (χ2v) is 3.30. The van der Waals surface area contributed by atoms with Gasteiger partial charge in [-0.1, -0.05) is 6.92 Å². The lowest BCUT2D eigenvalue weighted by atomic mass is 10.2. The van der Waals surface area contributed by atoms with Crippen LogP contribution in [0.25, 0.3) is 0 Å². The Balaban J connectivity index is 2.88. The van der Waals surface area contributed by atoms with Gasteiger partial charge in [-0.05, 0) is 0 Å². The Bertz CT molecular complexity index is 315. The Kier molecular flexibility index (Phi) is 2.93. The number of halogens is 2. The molecule has 0 fully saturated rings. The van der Waals surface area contributed by atoms with Crippen LogP contribution in [0, 0.1) is 5.41 Å². The zero-order valence-electron chi connectivity index (χ0n) is 8.04. The van der Waals surface area contributed by atoms with E-state index in [9.17, 15) is 8.78 Å². The average Bonchev–Trinajstić information content (AvgIpc) is 2.48. The van der Waals surface area contributed by atoms with E-state index in [1.54, 1.807) is 6.92 Å². The molecule has 0 aromatic carbocycles. The van der Waals surface area contributed by atoms with Crippen LogP contribution in [0.5, 0.6) is 0 Å². The van der Waals surface area contributed by atoms with Gasteiger partial charge in [-0.2, -0.15) is 5.10 Å². The predicted octanol–water partition coefficient (Wildman–Crippen LogP) is 1.69. The standard InChI is InChI=1S/C8H12F2N4/c1-6(3-11)7-12-5-13-14(7)4-8(2,9)10/h3,5-6,11H,4H2,1-2H3. The monoisotopic (exact) mass is 202 g/mol. The largest absolute Gasteiger partial charge is 0.312 e. The SMILES string of the molecule is CC(C=N)c1ncnn1CC(C)(F)F. The van der Waals surface area contributed by atoms with Crippen LogP contribution >= 0.6 is 0 Å². The van der Waals surface area contributed by atoms with Crippen LogP contribution in [-0.2, 0) is 6.54 Å². The smallest absolute Gasteiger partial charge is 0.264 e. The van der Waals surface area contributed by atoms with E-state index < -0.39 is 12.5 Å². The minimum absolute atomic E-state index is 0.292. The molecule has 0 saturated carbocycles. The quantitative estimate of drug-likeness (QED) is 0.755. The Labute approximate surface area is 80.5 Å². The molecule has 0 aliphatic heterocycles. The molecule has 1 heterocycles. The van der Waals surface area contributed by atoms with Crippen LogP contribution in [0.2, 0.25) is 0 Å². The summed E-state index contributed by atoms with van der Waals surface area (Å²) < 4.78 is 26.5. The summed E-state index contributed by atoms with van der Waals surface area (Å²) in [6.45, 7) is 2.04. The van der Waals surface area contributed by atoms with Crippen molar-refractivity contribution in [1.82, 2.24) is 14.8 Å². The zero-order valence-corrected chi connectivity index (χ0v) is 8.04. The van der Waals surface area contributed by atoms with Gasteiger partial charge in [0.2, 0.25) is 0 Å². The molecule has 0 aliphatic carbocycles. The first kappa shape index (κ1) is 10.7. The molecule has 4 nitrogen and oxygen atoms in total. The van der Waals surface area contributed by atoms with Gasteiger partial charge in [-0.15, -0.1) is 0 Å². The molecule has 14 heavy (non-hydrogen) atoms. The molecule has 0 bridgehead atoms. The topological polar surface area (TPSA) is 54.6 Å². The minimum atomic E-state index is -2.82. The van der Waals surface area contributed by atoms with Gasteiger partial charge in [-0.3, -0.25) is 0 Å². The van der Waals surface area contributed by atoms with Gasteiger partial charge in [0, 0.05) is 13.1 Å².